The van der Waals surface area contributed by atoms with E-state index in [1.807, 2.05) is 4.98 Å². The van der Waals surface area contributed by atoms with Gasteiger partial charge in [-0.2, -0.15) is 16.1 Å². The molecule has 1 aromatic heterocycles. The van der Waals surface area contributed by atoms with E-state index in [0.29, 0.717) is 25.6 Å². The summed E-state index contributed by atoms with van der Waals surface area (Å²) in [6.07, 6.45) is -14.6. The Morgan fingerprint density at radius 2 is 1.63 bits per heavy atom. The van der Waals surface area contributed by atoms with Crippen molar-refractivity contribution in [2.24, 2.45) is 0 Å². The number of nitrogens with one attached hydrogen (secondary N) is 1. The fraction of sp³-hybridized carbons (Fsp3) is 0.800. The van der Waals surface area contributed by atoms with E-state index in [4.69, 9.17) is 18.9 Å². The largest absolute Gasteiger partial charge is 0.483 e. The summed E-state index contributed by atoms with van der Waals surface area (Å²) in [5.74, 6) is 0.463. The quantitative estimate of drug-likeness (QED) is 0.0622. The molecule has 3 rings (SSSR count). The predicted octanol–water partition coefficient (Wildman–Crippen LogP) is -3.39. The molecule has 0 radical (unpaired) electrons. The van der Waals surface area contributed by atoms with Crippen LogP contribution in [0, 0.1) is 0 Å². The lowest BCUT2D eigenvalue weighted by molar-refractivity contribution is -0.270. The first-order valence-corrected chi connectivity index (χ1v) is 16.7. The molecule has 3 heterocycles. The van der Waals surface area contributed by atoms with E-state index < -0.39 is 88.7 Å². The highest BCUT2D eigenvalue weighted by Crippen LogP contribution is 2.61. The first-order chi connectivity index (χ1) is 20.2. The van der Waals surface area contributed by atoms with Crippen LogP contribution < -0.4 is 11.2 Å². The van der Waals surface area contributed by atoms with Gasteiger partial charge in [0.05, 0.1) is 32.5 Å². The second kappa shape index (κ2) is 16.0. The van der Waals surface area contributed by atoms with Gasteiger partial charge in [-0.05, 0) is 0 Å². The smallest absolute Gasteiger partial charge is 0.388 e. The minimum absolute atomic E-state index is 0.0262. The number of H-pyrrole nitrogens is 1. The third kappa shape index (κ3) is 10.2. The van der Waals surface area contributed by atoms with E-state index in [1.165, 1.54) is 18.9 Å². The average molecular weight is 685 g/mol. The predicted molar refractivity (Wildman–Crippen MR) is 142 cm³/mol. The molecule has 2 saturated heterocycles. The third-order valence-corrected chi connectivity index (χ3v) is 9.68. The summed E-state index contributed by atoms with van der Waals surface area (Å²) < 4.78 is 59.8. The number of aromatic nitrogens is 2. The minimum Gasteiger partial charge on any atom is -0.388 e. The maximum atomic E-state index is 12.5. The number of nitrogens with zero attached hydrogens (tertiary/aromatic N) is 1. The molecule has 6 unspecified atom stereocenters. The molecule has 0 aliphatic carbocycles. The van der Waals surface area contributed by atoms with E-state index in [-0.39, 0.29) is 5.75 Å². The number of phosphoric acid groups is 2. The summed E-state index contributed by atoms with van der Waals surface area (Å²) in [6, 6.07) is 0.941. The topological polar surface area (TPSA) is 295 Å². The Hall–Kier alpha value is -1.07. The number of thioether (sulfide) groups is 1. The Labute approximate surface area is 247 Å². The zero-order valence-corrected chi connectivity index (χ0v) is 25.1. The molecule has 0 aromatic carbocycles. The normalized spacial score (nSPS) is 34.1. The van der Waals surface area contributed by atoms with Gasteiger partial charge in [-0.1, -0.05) is 0 Å². The Morgan fingerprint density at radius 1 is 0.930 bits per heavy atom. The van der Waals surface area contributed by atoms with Crippen molar-refractivity contribution >= 4 is 27.4 Å². The average Bonchev–Trinajstić information content (AvgIpc) is 3.20. The second-order valence-electron chi connectivity index (χ2n) is 9.18. The molecule has 20 nitrogen and oxygen atoms in total. The Balaban J connectivity index is 1.54. The van der Waals surface area contributed by atoms with Gasteiger partial charge in [0.25, 0.3) is 5.56 Å². The Bertz CT molecular complexity index is 1250. The number of aliphatic hydroxyl groups is 5. The second-order valence-corrected chi connectivity index (χ2v) is 13.3. The van der Waals surface area contributed by atoms with Crippen LogP contribution >= 0.6 is 27.4 Å². The zero-order chi connectivity index (χ0) is 31.9. The van der Waals surface area contributed by atoms with Gasteiger partial charge in [-0.3, -0.25) is 23.4 Å². The molecule has 11 atom stereocenters. The van der Waals surface area contributed by atoms with Crippen molar-refractivity contribution in [1.29, 1.82) is 0 Å². The van der Waals surface area contributed by atoms with Gasteiger partial charge < -0.3 is 54.3 Å². The number of aliphatic hydroxyl groups excluding tert-OH is 5. The van der Waals surface area contributed by atoms with Crippen LogP contribution in [0.2, 0.25) is 0 Å². The summed E-state index contributed by atoms with van der Waals surface area (Å²) in [7, 11) is -9.56. The molecule has 8 N–H and O–H groups in total. The maximum Gasteiger partial charge on any atom is 0.483 e. The van der Waals surface area contributed by atoms with Crippen molar-refractivity contribution in [2.75, 3.05) is 45.0 Å². The first kappa shape index (κ1) is 36.4. The highest BCUT2D eigenvalue weighted by atomic mass is 32.2. The summed E-state index contributed by atoms with van der Waals surface area (Å²) in [6.45, 7) is 0.0670. The molecule has 0 amide bonds. The number of phosphoric ester groups is 2. The molecule has 0 bridgehead atoms. The van der Waals surface area contributed by atoms with Crippen molar-refractivity contribution in [3.63, 3.8) is 0 Å². The van der Waals surface area contributed by atoms with Gasteiger partial charge in [0.15, 0.2) is 12.5 Å². The van der Waals surface area contributed by atoms with Gasteiger partial charge in [0, 0.05) is 30.9 Å². The molecule has 0 spiro atoms. The van der Waals surface area contributed by atoms with Crippen molar-refractivity contribution in [1.82, 2.24) is 9.55 Å². The van der Waals surface area contributed by atoms with Gasteiger partial charge in [-0.25, -0.2) is 13.9 Å². The summed E-state index contributed by atoms with van der Waals surface area (Å²) in [5, 5.41) is 51.0. The molecule has 2 aliphatic heterocycles. The van der Waals surface area contributed by atoms with Crippen LogP contribution in [0.25, 0.3) is 0 Å². The van der Waals surface area contributed by atoms with E-state index in [2.05, 4.69) is 13.4 Å². The van der Waals surface area contributed by atoms with Crippen LogP contribution in [0.3, 0.4) is 0 Å². The number of ether oxygens (including phenoxy) is 4. The third-order valence-electron chi connectivity index (χ3n) is 6.06. The van der Waals surface area contributed by atoms with Crippen molar-refractivity contribution in [3.05, 3.63) is 33.1 Å². The number of hydrogen-bond acceptors (Lipinski definition) is 17. The van der Waals surface area contributed by atoms with E-state index in [9.17, 15) is 54.0 Å². The van der Waals surface area contributed by atoms with Gasteiger partial charge in [-0.15, -0.1) is 0 Å². The number of hydrogen-bond donors (Lipinski definition) is 8. The fourth-order valence-electron chi connectivity index (χ4n) is 3.90. The fourth-order valence-corrected chi connectivity index (χ4v) is 6.97. The molecule has 23 heteroatoms. The van der Waals surface area contributed by atoms with E-state index in [1.54, 1.807) is 0 Å². The molecular formula is C20H34N2O18P2S. The monoisotopic (exact) mass is 684 g/mol. The number of aromatic amines is 1. The summed E-state index contributed by atoms with van der Waals surface area (Å²) in [5.41, 5.74) is -1.73. The molecule has 2 fully saturated rings. The molecular weight excluding hydrogens is 650 g/mol. The molecule has 1 aromatic rings. The van der Waals surface area contributed by atoms with Gasteiger partial charge >= 0.3 is 21.3 Å². The standard InChI is InChI=1S/C20H34N2O18P2S/c1-34-4-5-35-6-7-43-9-11-14(25)15(26)17(28)19(38-11)39-42(32,33)40-41(30,31)36-8-10-13(24)16(27)18(37-10)22-3-2-12(23)21-20(22)29/h2-3,10-11,13-19,24-28H,4-9H2,1H3,(H,30,31)(H,32,33)(H,21,23,29)/t10?,11?,13-,14+,15+,16-,17?,18?,19-/m1/s1. The number of methoxy groups -OCH3 is 1. The molecule has 2 aliphatic rings. The van der Waals surface area contributed by atoms with Crippen LogP contribution in [-0.4, -0.2) is 139 Å². The maximum absolute atomic E-state index is 12.5. The summed E-state index contributed by atoms with van der Waals surface area (Å²) >= 11 is 1.22. The molecule has 248 valence electrons. The Kier molecular flexibility index (Phi) is 13.5. The lowest BCUT2D eigenvalue weighted by Gasteiger charge is -2.40. The zero-order valence-electron chi connectivity index (χ0n) is 22.5. The molecule has 43 heavy (non-hydrogen) atoms. The van der Waals surface area contributed by atoms with Gasteiger partial charge in [0.1, 0.15) is 36.6 Å². The lowest BCUT2D eigenvalue weighted by atomic mass is 10.0. The highest BCUT2D eigenvalue weighted by molar-refractivity contribution is 7.99. The van der Waals surface area contributed by atoms with Crippen LogP contribution in [0.15, 0.2) is 21.9 Å². The van der Waals surface area contributed by atoms with Crippen molar-refractivity contribution < 1.29 is 76.8 Å². The van der Waals surface area contributed by atoms with Crippen LogP contribution in [0.5, 0.6) is 0 Å². The van der Waals surface area contributed by atoms with Crippen LogP contribution in [-0.2, 0) is 41.4 Å². The van der Waals surface area contributed by atoms with Crippen LogP contribution in [0.4, 0.5) is 0 Å². The van der Waals surface area contributed by atoms with E-state index in [0.717, 1.165) is 16.8 Å². The lowest BCUT2D eigenvalue weighted by Crippen LogP contribution is -2.58. The highest BCUT2D eigenvalue weighted by Gasteiger charge is 2.49. The van der Waals surface area contributed by atoms with Gasteiger partial charge in [0.2, 0.25) is 0 Å². The van der Waals surface area contributed by atoms with E-state index >= 15 is 0 Å². The van der Waals surface area contributed by atoms with Crippen molar-refractivity contribution in [2.45, 2.75) is 55.2 Å². The summed E-state index contributed by atoms with van der Waals surface area (Å²) in [4.78, 5) is 45.2. The molecule has 0 saturated carbocycles. The van der Waals surface area contributed by atoms with Crippen molar-refractivity contribution in [3.8, 4) is 0 Å². The Morgan fingerprint density at radius 3 is 2.30 bits per heavy atom. The van der Waals surface area contributed by atoms with Crippen LogP contribution in [0.1, 0.15) is 6.23 Å². The first-order valence-electron chi connectivity index (χ1n) is 12.5. The minimum atomic E-state index is -5.59. The number of rotatable bonds is 16. The SMILES string of the molecule is COCCOCCSCC1O[C@H](OP(=O)(O)OP(=O)(O)OCC2OC(n3ccc(=O)[nH]c3=O)[C@H](O)[C@@H]2O)C(O)[C@@H](O)[C@H]1O.